The van der Waals surface area contributed by atoms with Gasteiger partial charge in [-0.05, 0) is 49.9 Å². The fraction of sp³-hybridized carbons (Fsp3) is 0.529. The van der Waals surface area contributed by atoms with Crippen molar-refractivity contribution in [2.45, 2.75) is 31.2 Å². The Morgan fingerprint density at radius 1 is 1.09 bits per heavy atom. The van der Waals surface area contributed by atoms with E-state index in [1.165, 1.54) is 0 Å². The Kier molecular flexibility index (Phi) is 4.63. The molecule has 3 rings (SSSR count). The minimum atomic E-state index is -0.873. The number of amides is 2. The van der Waals surface area contributed by atoms with Crippen LogP contribution in [0.3, 0.4) is 0 Å². The van der Waals surface area contributed by atoms with Crippen LogP contribution >= 0.6 is 0 Å². The van der Waals surface area contributed by atoms with Crippen LogP contribution in [0.25, 0.3) is 0 Å². The van der Waals surface area contributed by atoms with Gasteiger partial charge in [-0.15, -0.1) is 0 Å². The van der Waals surface area contributed by atoms with Gasteiger partial charge in [-0.1, -0.05) is 0 Å². The molecule has 2 amide bonds. The highest BCUT2D eigenvalue weighted by Crippen LogP contribution is 2.21. The van der Waals surface area contributed by atoms with Gasteiger partial charge in [0.05, 0.1) is 0 Å². The number of rotatable bonds is 3. The largest absolute Gasteiger partial charge is 0.381 e. The fourth-order valence-corrected chi connectivity index (χ4v) is 3.02. The SMILES string of the molecule is NC1(C(=O)Nc2ccc(C(=O)N3CCCC3)cc2)CCOCC1. The van der Waals surface area contributed by atoms with E-state index in [1.54, 1.807) is 24.3 Å². The second-order valence-electron chi connectivity index (χ2n) is 6.30. The smallest absolute Gasteiger partial charge is 0.253 e. The van der Waals surface area contributed by atoms with Gasteiger partial charge in [-0.25, -0.2) is 0 Å². The number of carbonyl (C=O) groups excluding carboxylic acids is 2. The summed E-state index contributed by atoms with van der Waals surface area (Å²) in [6.07, 6.45) is 3.18. The highest BCUT2D eigenvalue weighted by Gasteiger charge is 2.35. The first-order valence-corrected chi connectivity index (χ1v) is 8.16. The summed E-state index contributed by atoms with van der Waals surface area (Å²) in [4.78, 5) is 26.5. The van der Waals surface area contributed by atoms with Gasteiger partial charge in [0.25, 0.3) is 5.91 Å². The third kappa shape index (κ3) is 3.54. The summed E-state index contributed by atoms with van der Waals surface area (Å²) in [5.41, 5.74) is 6.59. The van der Waals surface area contributed by atoms with Crippen LogP contribution in [0.1, 0.15) is 36.0 Å². The molecule has 0 atom stereocenters. The van der Waals surface area contributed by atoms with Gasteiger partial charge in [-0.2, -0.15) is 0 Å². The lowest BCUT2D eigenvalue weighted by Gasteiger charge is -2.31. The first-order valence-electron chi connectivity index (χ1n) is 8.16. The van der Waals surface area contributed by atoms with E-state index < -0.39 is 5.54 Å². The number of nitrogens with two attached hydrogens (primary N) is 1. The van der Waals surface area contributed by atoms with E-state index >= 15 is 0 Å². The highest BCUT2D eigenvalue weighted by atomic mass is 16.5. The zero-order valence-electron chi connectivity index (χ0n) is 13.2. The molecule has 2 saturated heterocycles. The Bertz CT molecular complexity index is 573. The molecular weight excluding hydrogens is 294 g/mol. The first kappa shape index (κ1) is 16.0. The molecule has 6 heteroatoms. The molecular formula is C17H23N3O3. The summed E-state index contributed by atoms with van der Waals surface area (Å²) in [7, 11) is 0. The van der Waals surface area contributed by atoms with Gasteiger partial charge in [-0.3, -0.25) is 9.59 Å². The summed E-state index contributed by atoms with van der Waals surface area (Å²) in [5, 5.41) is 2.84. The molecule has 6 nitrogen and oxygen atoms in total. The molecule has 2 aliphatic rings. The van der Waals surface area contributed by atoms with Gasteiger partial charge in [0, 0.05) is 37.6 Å². The van der Waals surface area contributed by atoms with E-state index in [9.17, 15) is 9.59 Å². The van der Waals surface area contributed by atoms with Crippen molar-refractivity contribution in [2.75, 3.05) is 31.6 Å². The number of likely N-dealkylation sites (tertiary alicyclic amines) is 1. The second-order valence-corrected chi connectivity index (χ2v) is 6.30. The number of ether oxygens (including phenoxy) is 1. The molecule has 1 aromatic rings. The predicted octanol–water partition coefficient (Wildman–Crippen LogP) is 1.37. The zero-order chi connectivity index (χ0) is 16.3. The van der Waals surface area contributed by atoms with Crippen molar-refractivity contribution in [3.8, 4) is 0 Å². The normalized spacial score (nSPS) is 20.3. The Morgan fingerprint density at radius 2 is 1.70 bits per heavy atom. The molecule has 124 valence electrons. The summed E-state index contributed by atoms with van der Waals surface area (Å²) in [6.45, 7) is 2.67. The number of hydrogen-bond acceptors (Lipinski definition) is 4. The number of hydrogen-bond donors (Lipinski definition) is 2. The van der Waals surface area contributed by atoms with E-state index in [-0.39, 0.29) is 11.8 Å². The average Bonchev–Trinajstić information content (AvgIpc) is 3.10. The van der Waals surface area contributed by atoms with E-state index in [1.807, 2.05) is 4.90 Å². The first-order chi connectivity index (χ1) is 11.1. The number of nitrogens with one attached hydrogen (secondary N) is 1. The molecule has 0 saturated carbocycles. The summed E-state index contributed by atoms with van der Waals surface area (Å²) < 4.78 is 5.25. The van der Waals surface area contributed by atoms with Crippen LogP contribution in [-0.2, 0) is 9.53 Å². The van der Waals surface area contributed by atoms with Crippen LogP contribution in [0.15, 0.2) is 24.3 Å². The third-order valence-corrected chi connectivity index (χ3v) is 4.62. The van der Waals surface area contributed by atoms with Crippen molar-refractivity contribution in [3.05, 3.63) is 29.8 Å². The van der Waals surface area contributed by atoms with Gasteiger partial charge < -0.3 is 20.7 Å². The van der Waals surface area contributed by atoms with E-state index in [4.69, 9.17) is 10.5 Å². The van der Waals surface area contributed by atoms with Gasteiger partial charge in [0.15, 0.2) is 0 Å². The van der Waals surface area contributed by atoms with Gasteiger partial charge in [0.2, 0.25) is 5.91 Å². The fourth-order valence-electron chi connectivity index (χ4n) is 3.02. The van der Waals surface area contributed by atoms with Crippen LogP contribution in [0, 0.1) is 0 Å². The lowest BCUT2D eigenvalue weighted by molar-refractivity contribution is -0.124. The van der Waals surface area contributed by atoms with Gasteiger partial charge in [0.1, 0.15) is 5.54 Å². The Balaban J connectivity index is 1.63. The Labute approximate surface area is 136 Å². The molecule has 2 aliphatic heterocycles. The molecule has 2 fully saturated rings. The van der Waals surface area contributed by atoms with Crippen molar-refractivity contribution in [1.82, 2.24) is 4.90 Å². The maximum absolute atomic E-state index is 12.4. The molecule has 23 heavy (non-hydrogen) atoms. The Morgan fingerprint density at radius 3 is 2.30 bits per heavy atom. The molecule has 0 spiro atoms. The minimum absolute atomic E-state index is 0.0556. The number of carbonyl (C=O) groups is 2. The molecule has 0 radical (unpaired) electrons. The lowest BCUT2D eigenvalue weighted by Crippen LogP contribution is -2.54. The quantitative estimate of drug-likeness (QED) is 0.882. The molecule has 0 aromatic heterocycles. The number of anilines is 1. The summed E-state index contributed by atoms with van der Waals surface area (Å²) in [6, 6.07) is 7.01. The summed E-state index contributed by atoms with van der Waals surface area (Å²) in [5.74, 6) is -0.139. The molecule has 1 aromatic carbocycles. The van der Waals surface area contributed by atoms with Crippen molar-refractivity contribution < 1.29 is 14.3 Å². The van der Waals surface area contributed by atoms with E-state index in [0.717, 1.165) is 25.9 Å². The Hall–Kier alpha value is -1.92. The molecule has 0 unspecified atom stereocenters. The standard InChI is InChI=1S/C17H23N3O3/c18-17(7-11-23-12-8-17)16(22)19-14-5-3-13(4-6-14)15(21)20-9-1-2-10-20/h3-6H,1-2,7-12,18H2,(H,19,22). The lowest BCUT2D eigenvalue weighted by atomic mass is 9.90. The van der Waals surface area contributed by atoms with Crippen molar-refractivity contribution >= 4 is 17.5 Å². The highest BCUT2D eigenvalue weighted by molar-refractivity contribution is 5.99. The third-order valence-electron chi connectivity index (χ3n) is 4.62. The van der Waals surface area contributed by atoms with E-state index in [0.29, 0.717) is 37.3 Å². The minimum Gasteiger partial charge on any atom is -0.381 e. The zero-order valence-corrected chi connectivity index (χ0v) is 13.2. The summed E-state index contributed by atoms with van der Waals surface area (Å²) >= 11 is 0. The molecule has 0 aliphatic carbocycles. The number of benzene rings is 1. The second kappa shape index (κ2) is 6.68. The van der Waals surface area contributed by atoms with Crippen LogP contribution < -0.4 is 11.1 Å². The van der Waals surface area contributed by atoms with Crippen molar-refractivity contribution in [1.29, 1.82) is 0 Å². The maximum Gasteiger partial charge on any atom is 0.253 e. The van der Waals surface area contributed by atoms with Crippen LogP contribution in [-0.4, -0.2) is 48.6 Å². The topological polar surface area (TPSA) is 84.7 Å². The van der Waals surface area contributed by atoms with E-state index in [2.05, 4.69) is 5.32 Å². The maximum atomic E-state index is 12.4. The predicted molar refractivity (Wildman–Crippen MR) is 87.2 cm³/mol. The van der Waals surface area contributed by atoms with Gasteiger partial charge >= 0.3 is 0 Å². The van der Waals surface area contributed by atoms with Crippen LogP contribution in [0.5, 0.6) is 0 Å². The molecule has 0 bridgehead atoms. The molecule has 3 N–H and O–H groups in total. The van der Waals surface area contributed by atoms with Crippen LogP contribution in [0.2, 0.25) is 0 Å². The number of nitrogens with zero attached hydrogens (tertiary/aromatic N) is 1. The van der Waals surface area contributed by atoms with Crippen molar-refractivity contribution in [3.63, 3.8) is 0 Å². The van der Waals surface area contributed by atoms with Crippen LogP contribution in [0.4, 0.5) is 5.69 Å². The average molecular weight is 317 g/mol. The van der Waals surface area contributed by atoms with Crippen molar-refractivity contribution in [2.24, 2.45) is 5.73 Å². The monoisotopic (exact) mass is 317 g/mol. The molecule has 2 heterocycles.